The van der Waals surface area contributed by atoms with E-state index in [9.17, 15) is 36.0 Å². The van der Waals surface area contributed by atoms with Crippen molar-refractivity contribution < 1.29 is 50.2 Å². The van der Waals surface area contributed by atoms with Crippen molar-refractivity contribution >= 4 is 55.0 Å². The highest BCUT2D eigenvalue weighted by atomic mass is 32.2. The molecule has 15 nitrogen and oxygen atoms in total. The van der Waals surface area contributed by atoms with Crippen LogP contribution in [0.4, 0.5) is 16.2 Å². The first-order valence-corrected chi connectivity index (χ1v) is 25.5. The number of fused-ring (bicyclic) bond motifs is 2. The minimum absolute atomic E-state index is 0.0698. The van der Waals surface area contributed by atoms with Crippen molar-refractivity contribution in [3.05, 3.63) is 120 Å². The second-order valence-electron chi connectivity index (χ2n) is 17.9. The SMILES string of the molecule is COC(=O)[C@@H]1C[C@H](N2CCCS(=O)(=O)c3ccccc32)CN1C(=O)C(c1ccccc1)c1ccccc1.COC(=O)[C@@H]1C[C@H](N2CCCS(=O)(=O)c3ccccc32)CN1C(=O)OC(C)(C)C. The number of esters is 2. The Morgan fingerprint density at radius 2 is 0.970 bits per heavy atom. The lowest BCUT2D eigenvalue weighted by Crippen LogP contribution is -2.44. The highest BCUT2D eigenvalue weighted by Gasteiger charge is 2.47. The van der Waals surface area contributed by atoms with Crippen LogP contribution in [0.1, 0.15) is 63.5 Å². The molecule has 2 fully saturated rings. The Balaban J connectivity index is 0.000000203. The number of hydrogen-bond donors (Lipinski definition) is 0. The average molecular weight is 943 g/mol. The van der Waals surface area contributed by atoms with Gasteiger partial charge in [0.2, 0.25) is 5.91 Å². The summed E-state index contributed by atoms with van der Waals surface area (Å²) in [5, 5.41) is 0. The van der Waals surface area contributed by atoms with Crippen molar-refractivity contribution in [3.8, 4) is 0 Å². The molecular formula is C49H58N4O11S2. The van der Waals surface area contributed by atoms with Crippen molar-refractivity contribution in [1.82, 2.24) is 9.80 Å². The summed E-state index contributed by atoms with van der Waals surface area (Å²) in [7, 11) is -4.15. The number of rotatable bonds is 7. The fourth-order valence-corrected chi connectivity index (χ4v) is 12.5. The average Bonchev–Trinajstić information content (AvgIpc) is 3.89. The van der Waals surface area contributed by atoms with Crippen LogP contribution < -0.4 is 9.80 Å². The van der Waals surface area contributed by atoms with Crippen LogP contribution in [0.2, 0.25) is 0 Å². The van der Waals surface area contributed by atoms with Crippen molar-refractivity contribution in [3.63, 3.8) is 0 Å². The van der Waals surface area contributed by atoms with Gasteiger partial charge in [0.1, 0.15) is 17.7 Å². The van der Waals surface area contributed by atoms with Gasteiger partial charge >= 0.3 is 18.0 Å². The Kier molecular flexibility index (Phi) is 14.5. The summed E-state index contributed by atoms with van der Waals surface area (Å²) in [5.41, 5.74) is 2.24. The molecule has 0 aromatic heterocycles. The minimum atomic E-state index is -3.40. The Morgan fingerprint density at radius 3 is 1.39 bits per heavy atom. The third kappa shape index (κ3) is 10.4. The van der Waals surface area contributed by atoms with E-state index in [0.717, 1.165) is 11.1 Å². The summed E-state index contributed by atoms with van der Waals surface area (Å²) in [5.74, 6) is -1.58. The number of carbonyl (C=O) groups excluding carboxylic acids is 4. The molecule has 4 aliphatic heterocycles. The molecule has 4 aromatic carbocycles. The number of anilines is 2. The molecule has 0 N–H and O–H groups in total. The maximum atomic E-state index is 14.2. The molecule has 352 valence electrons. The van der Waals surface area contributed by atoms with Gasteiger partial charge in [-0.3, -0.25) is 9.69 Å². The number of carbonyl (C=O) groups is 4. The Hall–Kier alpha value is -5.94. The van der Waals surface area contributed by atoms with Crippen LogP contribution in [0.3, 0.4) is 0 Å². The van der Waals surface area contributed by atoms with E-state index < -0.39 is 61.3 Å². The zero-order valence-corrected chi connectivity index (χ0v) is 39.6. The number of nitrogens with zero attached hydrogens (tertiary/aromatic N) is 4. The molecule has 0 aliphatic carbocycles. The standard InChI is InChI=1S/C29H30N2O5S.C20H28N2O6S/c1-36-29(33)25-19-23(30-17-10-18-37(34,35)26-16-9-8-15-24(26)30)20-31(25)28(32)27(21-11-4-2-5-12-21)22-13-6-3-7-14-22;1-20(2,3)28-19(24)22-13-14(12-16(22)18(23)27-4)21-10-7-11-29(25,26)17-9-6-5-8-15(17)21/h2-9,11-16,23,25,27H,10,17-20H2,1H3;5-6,8-9,14,16H,7,10-13H2,1-4H3/t23-,25-;14-,16-/m00/s1. The number of ether oxygens (including phenoxy) is 3. The highest BCUT2D eigenvalue weighted by molar-refractivity contribution is 7.91. The number of methoxy groups -OCH3 is 2. The quantitative estimate of drug-likeness (QED) is 0.159. The van der Waals surface area contributed by atoms with Crippen molar-refractivity contribution in [1.29, 1.82) is 0 Å². The van der Waals surface area contributed by atoms with Gasteiger partial charge in [0.15, 0.2) is 19.7 Å². The van der Waals surface area contributed by atoms with Gasteiger partial charge in [-0.15, -0.1) is 0 Å². The second kappa shape index (κ2) is 19.9. The van der Waals surface area contributed by atoms with Gasteiger partial charge in [0.05, 0.1) is 52.8 Å². The summed E-state index contributed by atoms with van der Waals surface area (Å²) in [6.07, 6.45) is 1.08. The maximum Gasteiger partial charge on any atom is 0.411 e. The van der Waals surface area contributed by atoms with Crippen LogP contribution in [-0.2, 0) is 48.3 Å². The van der Waals surface area contributed by atoms with Gasteiger partial charge in [-0.1, -0.05) is 84.9 Å². The maximum absolute atomic E-state index is 14.2. The summed E-state index contributed by atoms with van der Waals surface area (Å²) in [6, 6.07) is 31.0. The zero-order valence-electron chi connectivity index (χ0n) is 37.9. The van der Waals surface area contributed by atoms with Crippen LogP contribution in [-0.4, -0.2) is 132 Å². The molecule has 4 aliphatic rings. The molecule has 8 rings (SSSR count). The van der Waals surface area contributed by atoms with Crippen molar-refractivity contribution in [2.24, 2.45) is 0 Å². The van der Waals surface area contributed by atoms with Gasteiger partial charge in [0.25, 0.3) is 0 Å². The first-order valence-electron chi connectivity index (χ1n) is 22.2. The molecule has 0 saturated carbocycles. The van der Waals surface area contributed by atoms with Crippen LogP contribution in [0.25, 0.3) is 0 Å². The van der Waals surface area contributed by atoms with E-state index in [-0.39, 0.29) is 36.0 Å². The molecule has 4 aromatic rings. The van der Waals surface area contributed by atoms with E-state index in [4.69, 9.17) is 14.2 Å². The molecule has 4 heterocycles. The molecular weight excluding hydrogens is 885 g/mol. The van der Waals surface area contributed by atoms with E-state index in [1.54, 1.807) is 62.1 Å². The fourth-order valence-electron chi connectivity index (χ4n) is 9.48. The van der Waals surface area contributed by atoms with Gasteiger partial charge in [-0.25, -0.2) is 31.2 Å². The summed E-state index contributed by atoms with van der Waals surface area (Å²) in [6.45, 7) is 6.89. The first-order chi connectivity index (χ1) is 31.4. The normalized spacial score (nSPS) is 22.2. The van der Waals surface area contributed by atoms with E-state index in [1.807, 2.05) is 77.7 Å². The molecule has 0 unspecified atom stereocenters. The van der Waals surface area contributed by atoms with Crippen LogP contribution in [0, 0.1) is 0 Å². The van der Waals surface area contributed by atoms with E-state index in [2.05, 4.69) is 4.90 Å². The van der Waals surface area contributed by atoms with Crippen LogP contribution in [0.15, 0.2) is 119 Å². The lowest BCUT2D eigenvalue weighted by atomic mass is 9.90. The number of likely N-dealkylation sites (tertiary alicyclic amines) is 2. The molecule has 17 heteroatoms. The highest BCUT2D eigenvalue weighted by Crippen LogP contribution is 2.38. The van der Waals surface area contributed by atoms with Gasteiger partial charge in [-0.05, 0) is 69.0 Å². The number of hydrogen-bond acceptors (Lipinski definition) is 13. The van der Waals surface area contributed by atoms with E-state index >= 15 is 0 Å². The van der Waals surface area contributed by atoms with Gasteiger partial charge in [0, 0.05) is 51.1 Å². The molecule has 0 spiro atoms. The largest absolute Gasteiger partial charge is 0.467 e. The molecule has 2 amide bonds. The molecule has 66 heavy (non-hydrogen) atoms. The fraction of sp³-hybridized carbons (Fsp3) is 0.429. The number of sulfone groups is 2. The zero-order chi connectivity index (χ0) is 47.4. The first kappa shape index (κ1) is 48.0. The van der Waals surface area contributed by atoms with Crippen molar-refractivity contribution in [2.45, 2.75) is 91.9 Å². The van der Waals surface area contributed by atoms with E-state index in [1.165, 1.54) is 19.1 Å². The molecule has 4 atom stereocenters. The van der Waals surface area contributed by atoms with E-state index in [0.29, 0.717) is 66.5 Å². The molecule has 2 saturated heterocycles. The molecule has 0 bridgehead atoms. The minimum Gasteiger partial charge on any atom is -0.467 e. The lowest BCUT2D eigenvalue weighted by Gasteiger charge is -2.31. The third-order valence-corrected chi connectivity index (χ3v) is 16.1. The summed E-state index contributed by atoms with van der Waals surface area (Å²) >= 11 is 0. The van der Waals surface area contributed by atoms with Crippen LogP contribution in [0.5, 0.6) is 0 Å². The molecule has 0 radical (unpaired) electrons. The Bertz CT molecular complexity index is 2580. The number of benzene rings is 4. The van der Waals surface area contributed by atoms with Gasteiger partial charge in [-0.2, -0.15) is 0 Å². The monoisotopic (exact) mass is 942 g/mol. The van der Waals surface area contributed by atoms with Crippen molar-refractivity contribution in [2.75, 3.05) is 61.7 Å². The second-order valence-corrected chi connectivity index (χ2v) is 22.1. The third-order valence-electron chi connectivity index (χ3n) is 12.5. The predicted octanol–water partition coefficient (Wildman–Crippen LogP) is 5.87. The number of para-hydroxylation sites is 2. The van der Waals surface area contributed by atoms with Crippen LogP contribution >= 0.6 is 0 Å². The lowest BCUT2D eigenvalue weighted by molar-refractivity contribution is -0.151. The summed E-state index contributed by atoms with van der Waals surface area (Å²) < 4.78 is 66.5. The Morgan fingerprint density at radius 1 is 0.576 bits per heavy atom. The summed E-state index contributed by atoms with van der Waals surface area (Å²) in [4.78, 5) is 59.9. The Labute approximate surface area is 387 Å². The topological polar surface area (TPSA) is 177 Å². The number of amides is 2. The van der Waals surface area contributed by atoms with Gasteiger partial charge < -0.3 is 28.9 Å². The predicted molar refractivity (Wildman–Crippen MR) is 249 cm³/mol. The smallest absolute Gasteiger partial charge is 0.411 e.